The van der Waals surface area contributed by atoms with E-state index in [1.165, 1.54) is 12.1 Å². The van der Waals surface area contributed by atoms with E-state index in [4.69, 9.17) is 5.11 Å². The first-order chi connectivity index (χ1) is 15.0. The van der Waals surface area contributed by atoms with Crippen molar-refractivity contribution in [1.82, 2.24) is 14.9 Å². The fraction of sp³-hybridized carbons (Fsp3) is 0.125. The van der Waals surface area contributed by atoms with Crippen molar-refractivity contribution in [2.45, 2.75) is 13.0 Å². The van der Waals surface area contributed by atoms with Gasteiger partial charge in [-0.1, -0.05) is 36.4 Å². The van der Waals surface area contributed by atoms with Crippen molar-refractivity contribution in [2.75, 3.05) is 5.32 Å². The fourth-order valence-corrected chi connectivity index (χ4v) is 3.61. The number of aromatic nitrogens is 2. The van der Waals surface area contributed by atoms with E-state index in [-0.39, 0.29) is 17.5 Å². The van der Waals surface area contributed by atoms with Crippen LogP contribution in [0.1, 0.15) is 39.4 Å². The van der Waals surface area contributed by atoms with Gasteiger partial charge in [0.15, 0.2) is 0 Å². The number of fused-ring (bicyclic) bond motifs is 1. The summed E-state index contributed by atoms with van der Waals surface area (Å²) in [6.07, 6.45) is 1.69. The molecule has 1 atom stereocenters. The van der Waals surface area contributed by atoms with E-state index in [0.29, 0.717) is 17.2 Å². The maximum atomic E-state index is 13.3. The predicted octanol–water partition coefficient (Wildman–Crippen LogP) is 4.51. The quantitative estimate of drug-likeness (QED) is 0.431. The van der Waals surface area contributed by atoms with Gasteiger partial charge in [0.2, 0.25) is 0 Å². The molecule has 0 aliphatic rings. The number of amides is 1. The summed E-state index contributed by atoms with van der Waals surface area (Å²) in [5.74, 6) is -0.582. The molecule has 0 saturated carbocycles. The molecule has 4 aromatic rings. The maximum Gasteiger partial charge on any atom is 0.335 e. The van der Waals surface area contributed by atoms with Crippen LogP contribution in [0.5, 0.6) is 0 Å². The standard InChI is InChI=1S/C24H22N4O3/c1-15(16-10-12-17(13-11-16)24(30)31)26-23(29)22-21(27-20-9-5-6-14-25-20)18-7-3-4-8-19(18)28(22)2/h3-15H,1-2H3,(H,25,27)(H,26,29)(H,30,31)/t15-/m0/s1. The molecule has 2 aromatic heterocycles. The normalized spacial score (nSPS) is 11.8. The van der Waals surface area contributed by atoms with Gasteiger partial charge in [-0.25, -0.2) is 9.78 Å². The van der Waals surface area contributed by atoms with Gasteiger partial charge < -0.3 is 20.3 Å². The molecule has 4 rings (SSSR count). The molecule has 0 unspecified atom stereocenters. The average molecular weight is 414 g/mol. The smallest absolute Gasteiger partial charge is 0.335 e. The lowest BCUT2D eigenvalue weighted by molar-refractivity contribution is 0.0696. The van der Waals surface area contributed by atoms with Gasteiger partial charge in [-0.3, -0.25) is 4.79 Å². The Labute approximate surface area is 179 Å². The van der Waals surface area contributed by atoms with Gasteiger partial charge in [0, 0.05) is 18.6 Å². The Morgan fingerprint density at radius 3 is 2.39 bits per heavy atom. The van der Waals surface area contributed by atoms with Crippen LogP contribution < -0.4 is 10.6 Å². The monoisotopic (exact) mass is 414 g/mol. The van der Waals surface area contributed by atoms with Gasteiger partial charge in [0.25, 0.3) is 5.91 Å². The number of hydrogen-bond acceptors (Lipinski definition) is 4. The summed E-state index contributed by atoms with van der Waals surface area (Å²) in [5.41, 5.74) is 3.11. The number of nitrogens with one attached hydrogen (secondary N) is 2. The van der Waals surface area contributed by atoms with E-state index < -0.39 is 5.97 Å². The van der Waals surface area contributed by atoms with E-state index in [0.717, 1.165) is 16.5 Å². The average Bonchev–Trinajstić information content (AvgIpc) is 3.06. The number of nitrogens with zero attached hydrogens (tertiary/aromatic N) is 2. The number of aryl methyl sites for hydroxylation is 1. The van der Waals surface area contributed by atoms with Gasteiger partial charge in [-0.05, 0) is 42.8 Å². The van der Waals surface area contributed by atoms with Crippen LogP contribution in [0.15, 0.2) is 72.9 Å². The Kier molecular flexibility index (Phi) is 5.41. The van der Waals surface area contributed by atoms with Gasteiger partial charge in [0.05, 0.1) is 22.8 Å². The maximum absolute atomic E-state index is 13.3. The van der Waals surface area contributed by atoms with Crippen LogP contribution in [0.25, 0.3) is 10.9 Å². The molecule has 156 valence electrons. The van der Waals surface area contributed by atoms with Crippen molar-refractivity contribution in [3.05, 3.63) is 89.7 Å². The highest BCUT2D eigenvalue weighted by Crippen LogP contribution is 2.32. The third-order valence-corrected chi connectivity index (χ3v) is 5.25. The topological polar surface area (TPSA) is 96.3 Å². The van der Waals surface area contributed by atoms with E-state index in [1.807, 2.05) is 61.0 Å². The second-order valence-corrected chi connectivity index (χ2v) is 7.26. The van der Waals surface area contributed by atoms with Crippen LogP contribution in [0.2, 0.25) is 0 Å². The predicted molar refractivity (Wildman–Crippen MR) is 120 cm³/mol. The van der Waals surface area contributed by atoms with Crippen molar-refractivity contribution >= 4 is 34.3 Å². The van der Waals surface area contributed by atoms with Crippen LogP contribution in [-0.2, 0) is 7.05 Å². The van der Waals surface area contributed by atoms with Crippen LogP contribution >= 0.6 is 0 Å². The molecule has 0 bridgehead atoms. The van der Waals surface area contributed by atoms with Crippen LogP contribution in [0.4, 0.5) is 11.5 Å². The number of anilines is 2. The van der Waals surface area contributed by atoms with E-state index in [2.05, 4.69) is 15.6 Å². The number of benzene rings is 2. The van der Waals surface area contributed by atoms with Crippen molar-refractivity contribution in [3.63, 3.8) is 0 Å². The number of hydrogen-bond donors (Lipinski definition) is 3. The van der Waals surface area contributed by atoms with Crippen LogP contribution in [-0.4, -0.2) is 26.5 Å². The molecular weight excluding hydrogens is 392 g/mol. The third kappa shape index (κ3) is 3.98. The molecular formula is C24H22N4O3. The number of carbonyl (C=O) groups is 2. The Morgan fingerprint density at radius 2 is 1.71 bits per heavy atom. The van der Waals surface area contributed by atoms with Crippen LogP contribution in [0.3, 0.4) is 0 Å². The zero-order chi connectivity index (χ0) is 22.0. The minimum atomic E-state index is -0.982. The highest BCUT2D eigenvalue weighted by Gasteiger charge is 2.23. The Morgan fingerprint density at radius 1 is 1.00 bits per heavy atom. The second kappa shape index (κ2) is 8.31. The van der Waals surface area contributed by atoms with Crippen molar-refractivity contribution in [2.24, 2.45) is 7.05 Å². The molecule has 0 aliphatic heterocycles. The first-order valence-electron chi connectivity index (χ1n) is 9.85. The number of aromatic carboxylic acids is 1. The first kappa shape index (κ1) is 20.2. The zero-order valence-corrected chi connectivity index (χ0v) is 17.2. The molecule has 2 aromatic carbocycles. The summed E-state index contributed by atoms with van der Waals surface area (Å²) >= 11 is 0. The molecule has 0 aliphatic carbocycles. The summed E-state index contributed by atoms with van der Waals surface area (Å²) in [4.78, 5) is 28.7. The number of rotatable bonds is 6. The van der Waals surface area contributed by atoms with Crippen molar-refractivity contribution in [3.8, 4) is 0 Å². The lowest BCUT2D eigenvalue weighted by Crippen LogP contribution is -2.29. The van der Waals surface area contributed by atoms with Gasteiger partial charge in [-0.15, -0.1) is 0 Å². The van der Waals surface area contributed by atoms with Crippen molar-refractivity contribution < 1.29 is 14.7 Å². The SMILES string of the molecule is C[C@H](NC(=O)c1c(Nc2ccccn2)c2ccccc2n1C)c1ccc(C(=O)O)cc1. The Hall–Kier alpha value is -4.13. The number of pyridine rings is 1. The lowest BCUT2D eigenvalue weighted by atomic mass is 10.1. The van der Waals surface area contributed by atoms with Gasteiger partial charge in [-0.2, -0.15) is 0 Å². The van der Waals surface area contributed by atoms with Crippen LogP contribution in [0, 0.1) is 0 Å². The molecule has 1 amide bonds. The number of carboxylic acids is 1. The largest absolute Gasteiger partial charge is 0.478 e. The zero-order valence-electron chi connectivity index (χ0n) is 17.2. The first-order valence-corrected chi connectivity index (χ1v) is 9.85. The highest BCUT2D eigenvalue weighted by atomic mass is 16.4. The molecule has 0 fully saturated rings. The molecule has 7 nitrogen and oxygen atoms in total. The summed E-state index contributed by atoms with van der Waals surface area (Å²) in [6, 6.07) is 19.5. The Balaban J connectivity index is 1.67. The molecule has 7 heteroatoms. The molecule has 2 heterocycles. The molecule has 3 N–H and O–H groups in total. The summed E-state index contributed by atoms with van der Waals surface area (Å²) in [5, 5.41) is 16.3. The van der Waals surface area contributed by atoms with E-state index in [9.17, 15) is 9.59 Å². The highest BCUT2D eigenvalue weighted by molar-refractivity contribution is 6.09. The molecule has 0 radical (unpaired) electrons. The second-order valence-electron chi connectivity index (χ2n) is 7.26. The molecule has 0 saturated heterocycles. The molecule has 31 heavy (non-hydrogen) atoms. The number of carbonyl (C=O) groups excluding carboxylic acids is 1. The minimum absolute atomic E-state index is 0.206. The lowest BCUT2D eigenvalue weighted by Gasteiger charge is -2.16. The summed E-state index contributed by atoms with van der Waals surface area (Å²) in [6.45, 7) is 1.86. The number of para-hydroxylation sites is 1. The van der Waals surface area contributed by atoms with Gasteiger partial charge >= 0.3 is 5.97 Å². The fourth-order valence-electron chi connectivity index (χ4n) is 3.61. The summed E-state index contributed by atoms with van der Waals surface area (Å²) in [7, 11) is 1.85. The van der Waals surface area contributed by atoms with Crippen molar-refractivity contribution in [1.29, 1.82) is 0 Å². The molecule has 0 spiro atoms. The van der Waals surface area contributed by atoms with E-state index in [1.54, 1.807) is 18.3 Å². The Bertz CT molecular complexity index is 1250. The van der Waals surface area contributed by atoms with E-state index >= 15 is 0 Å². The third-order valence-electron chi connectivity index (χ3n) is 5.25. The van der Waals surface area contributed by atoms with Gasteiger partial charge in [0.1, 0.15) is 11.5 Å². The minimum Gasteiger partial charge on any atom is -0.478 e. The number of carboxylic acid groups (broad SMARTS) is 1. The summed E-state index contributed by atoms with van der Waals surface area (Å²) < 4.78 is 1.86.